The highest BCUT2D eigenvalue weighted by molar-refractivity contribution is 6.60. The third kappa shape index (κ3) is 5.99. The maximum absolute atomic E-state index is 10.5. The van der Waals surface area contributed by atoms with Gasteiger partial charge in [-0.2, -0.15) is 0 Å². The van der Waals surface area contributed by atoms with Crippen molar-refractivity contribution in [2.75, 3.05) is 47.5 Å². The first-order chi connectivity index (χ1) is 8.55. The highest BCUT2D eigenvalue weighted by atomic mass is 28.4. The SMILES string of the molecule is C.C.CO[Si](CCN1C=[N+](CC(=O)[O-])CC1)(OC)OC. The third-order valence-electron chi connectivity index (χ3n) is 2.97. The lowest BCUT2D eigenvalue weighted by atomic mass is 10.5. The molecule has 120 valence electrons. The van der Waals surface area contributed by atoms with Gasteiger partial charge in [0.05, 0.1) is 18.6 Å². The molecule has 0 radical (unpaired) electrons. The molecule has 0 atom stereocenters. The summed E-state index contributed by atoms with van der Waals surface area (Å²) in [5.41, 5.74) is 0. The van der Waals surface area contributed by atoms with Crippen LogP contribution in [0, 0.1) is 0 Å². The number of carbonyl (C=O) groups excluding carboxylic acids is 1. The predicted octanol–water partition coefficient (Wildman–Crippen LogP) is -0.757. The molecule has 0 aromatic heterocycles. The van der Waals surface area contributed by atoms with Gasteiger partial charge < -0.3 is 23.2 Å². The van der Waals surface area contributed by atoms with Gasteiger partial charge in [-0.3, -0.25) is 9.48 Å². The van der Waals surface area contributed by atoms with Gasteiger partial charge in [-0.15, -0.1) is 0 Å². The number of aliphatic carboxylic acids is 1. The molecule has 1 aliphatic heterocycles. The van der Waals surface area contributed by atoms with Crippen LogP contribution in [0.1, 0.15) is 14.9 Å². The molecule has 0 bridgehead atoms. The first-order valence-electron chi connectivity index (χ1n) is 5.73. The number of hydrogen-bond acceptors (Lipinski definition) is 6. The molecule has 20 heavy (non-hydrogen) atoms. The Balaban J connectivity index is 0. The topological polar surface area (TPSA) is 74.1 Å². The molecule has 0 fully saturated rings. The molecule has 0 aromatic rings. The number of carbonyl (C=O) groups is 1. The number of carboxylic acid groups (broad SMARTS) is 1. The first-order valence-corrected chi connectivity index (χ1v) is 7.67. The van der Waals surface area contributed by atoms with Crippen LogP contribution in [-0.4, -0.2) is 78.1 Å². The van der Waals surface area contributed by atoms with E-state index in [9.17, 15) is 9.90 Å². The van der Waals surface area contributed by atoms with Gasteiger partial charge in [-0.1, -0.05) is 14.9 Å². The average molecular weight is 308 g/mol. The zero-order valence-corrected chi connectivity index (χ0v) is 12.0. The summed E-state index contributed by atoms with van der Waals surface area (Å²) in [5, 5.41) is 10.5. The molecule has 0 aliphatic carbocycles. The van der Waals surface area contributed by atoms with Crippen molar-refractivity contribution in [2.45, 2.75) is 20.9 Å². The van der Waals surface area contributed by atoms with Crippen LogP contribution in [0.3, 0.4) is 0 Å². The normalized spacial score (nSPS) is 14.3. The lowest BCUT2D eigenvalue weighted by Crippen LogP contribution is -2.45. The molecule has 1 heterocycles. The van der Waals surface area contributed by atoms with Crippen LogP contribution in [0.4, 0.5) is 0 Å². The summed E-state index contributed by atoms with van der Waals surface area (Å²) >= 11 is 0. The Kier molecular flexibility index (Phi) is 10.5. The van der Waals surface area contributed by atoms with Crippen molar-refractivity contribution in [2.24, 2.45) is 0 Å². The molecule has 1 rings (SSSR count). The average Bonchev–Trinajstić information content (AvgIpc) is 2.78. The van der Waals surface area contributed by atoms with Crippen molar-refractivity contribution in [3.05, 3.63) is 0 Å². The fraction of sp³-hybridized carbons (Fsp3) is 0.833. The molecule has 0 saturated carbocycles. The van der Waals surface area contributed by atoms with Gasteiger partial charge in [-0.25, -0.2) is 0 Å². The van der Waals surface area contributed by atoms with E-state index in [0.717, 1.165) is 6.54 Å². The van der Waals surface area contributed by atoms with E-state index in [-0.39, 0.29) is 21.4 Å². The summed E-state index contributed by atoms with van der Waals surface area (Å²) in [6.45, 7) is 2.12. The second kappa shape index (κ2) is 9.86. The van der Waals surface area contributed by atoms with Gasteiger partial charge in [0, 0.05) is 21.3 Å². The standard InChI is InChI=1S/C10H20N2O5Si.2CH4/c1-15-18(16-2,17-3)7-6-11-4-5-12(9-11)8-10(13)14;;/h9H,4-8H2,1-3H3;2*1H4. The Hall–Kier alpha value is -0.963. The molecule has 0 aromatic carbocycles. The number of rotatable bonds is 8. The van der Waals surface area contributed by atoms with E-state index in [2.05, 4.69) is 0 Å². The second-order valence-corrected chi connectivity index (χ2v) is 7.13. The van der Waals surface area contributed by atoms with Crippen molar-refractivity contribution >= 4 is 21.1 Å². The van der Waals surface area contributed by atoms with E-state index in [1.54, 1.807) is 32.2 Å². The Morgan fingerprint density at radius 1 is 1.30 bits per heavy atom. The minimum Gasteiger partial charge on any atom is -0.546 e. The lowest BCUT2D eigenvalue weighted by molar-refractivity contribution is -0.514. The van der Waals surface area contributed by atoms with E-state index in [4.69, 9.17) is 13.3 Å². The molecule has 0 spiro atoms. The monoisotopic (exact) mass is 308 g/mol. The molecular formula is C12H28N2O5Si. The Morgan fingerprint density at radius 2 is 1.85 bits per heavy atom. The van der Waals surface area contributed by atoms with Crippen LogP contribution in [0.2, 0.25) is 6.04 Å². The first kappa shape index (κ1) is 21.3. The molecule has 7 nitrogen and oxygen atoms in total. The van der Waals surface area contributed by atoms with Crippen LogP contribution in [0.25, 0.3) is 0 Å². The number of carboxylic acids is 1. The van der Waals surface area contributed by atoms with Gasteiger partial charge in [0.25, 0.3) is 0 Å². The maximum Gasteiger partial charge on any atom is 0.504 e. The van der Waals surface area contributed by atoms with Crippen molar-refractivity contribution in [1.29, 1.82) is 0 Å². The second-order valence-electron chi connectivity index (χ2n) is 4.04. The summed E-state index contributed by atoms with van der Waals surface area (Å²) in [6, 6.07) is 0.659. The van der Waals surface area contributed by atoms with Crippen molar-refractivity contribution in [3.8, 4) is 0 Å². The number of hydrogen-bond donors (Lipinski definition) is 0. The fourth-order valence-electron chi connectivity index (χ4n) is 1.90. The zero-order chi connectivity index (χ0) is 13.6. The zero-order valence-electron chi connectivity index (χ0n) is 11.0. The Labute approximate surface area is 123 Å². The van der Waals surface area contributed by atoms with E-state index in [0.29, 0.717) is 19.1 Å². The van der Waals surface area contributed by atoms with E-state index >= 15 is 0 Å². The van der Waals surface area contributed by atoms with E-state index < -0.39 is 14.8 Å². The minimum atomic E-state index is -2.55. The molecule has 0 unspecified atom stereocenters. The third-order valence-corrected chi connectivity index (χ3v) is 5.67. The van der Waals surface area contributed by atoms with Crippen molar-refractivity contribution in [3.63, 3.8) is 0 Å². The van der Waals surface area contributed by atoms with Crippen LogP contribution in [-0.2, 0) is 18.1 Å². The molecule has 0 saturated heterocycles. The fourth-order valence-corrected chi connectivity index (χ4v) is 3.57. The summed E-state index contributed by atoms with van der Waals surface area (Å²) < 4.78 is 17.7. The van der Waals surface area contributed by atoms with E-state index in [1.807, 2.05) is 4.90 Å². The highest BCUT2D eigenvalue weighted by Crippen LogP contribution is 2.13. The van der Waals surface area contributed by atoms with Crippen LogP contribution in [0.5, 0.6) is 0 Å². The van der Waals surface area contributed by atoms with Gasteiger partial charge in [0.2, 0.25) is 6.34 Å². The van der Waals surface area contributed by atoms with Gasteiger partial charge >= 0.3 is 8.80 Å². The molecule has 0 N–H and O–H groups in total. The smallest absolute Gasteiger partial charge is 0.504 e. The van der Waals surface area contributed by atoms with Gasteiger partial charge in [0.15, 0.2) is 0 Å². The van der Waals surface area contributed by atoms with Crippen LogP contribution < -0.4 is 5.11 Å². The summed E-state index contributed by atoms with van der Waals surface area (Å²) in [5.74, 6) is -1.07. The van der Waals surface area contributed by atoms with Crippen molar-refractivity contribution in [1.82, 2.24) is 4.90 Å². The summed E-state index contributed by atoms with van der Waals surface area (Å²) in [6.07, 6.45) is 1.80. The van der Waals surface area contributed by atoms with E-state index in [1.165, 1.54) is 0 Å². The predicted molar refractivity (Wildman–Crippen MR) is 77.7 cm³/mol. The van der Waals surface area contributed by atoms with Gasteiger partial charge in [0.1, 0.15) is 19.6 Å². The van der Waals surface area contributed by atoms with Crippen LogP contribution >= 0.6 is 0 Å². The Bertz CT molecular complexity index is 313. The summed E-state index contributed by atoms with van der Waals surface area (Å²) in [4.78, 5) is 12.5. The molecule has 8 heteroatoms. The largest absolute Gasteiger partial charge is 0.546 e. The Morgan fingerprint density at radius 3 is 2.30 bits per heavy atom. The number of nitrogens with zero attached hydrogens (tertiary/aromatic N) is 2. The molecule has 0 amide bonds. The summed E-state index contributed by atoms with van der Waals surface area (Å²) in [7, 11) is 2.19. The van der Waals surface area contributed by atoms with Crippen molar-refractivity contribution < 1.29 is 27.8 Å². The van der Waals surface area contributed by atoms with Gasteiger partial charge in [-0.05, 0) is 0 Å². The maximum atomic E-state index is 10.5. The molecule has 1 aliphatic rings. The lowest BCUT2D eigenvalue weighted by Gasteiger charge is -2.24. The highest BCUT2D eigenvalue weighted by Gasteiger charge is 2.39. The minimum absolute atomic E-state index is 0. The van der Waals surface area contributed by atoms with Crippen LogP contribution in [0.15, 0.2) is 0 Å². The molecular weight excluding hydrogens is 280 g/mol. The quantitative estimate of drug-likeness (QED) is 0.434.